The van der Waals surface area contributed by atoms with Crippen LogP contribution in [-0.4, -0.2) is 48.0 Å². The molecule has 9 heavy (non-hydrogen) atoms. The molecule has 0 aromatic heterocycles. The lowest BCUT2D eigenvalue weighted by molar-refractivity contribution is 0.0304. The second-order valence-electron chi connectivity index (χ2n) is 2.40. The lowest BCUT2D eigenvalue weighted by Crippen LogP contribution is -2.34. The second kappa shape index (κ2) is 3.82. The van der Waals surface area contributed by atoms with Crippen molar-refractivity contribution in [3.63, 3.8) is 0 Å². The molecule has 0 amide bonds. The van der Waals surface area contributed by atoms with Gasteiger partial charge in [-0.05, 0) is 21.0 Å². The number of hydrogen-bond donors (Lipinski definition) is 2. The average molecular weight is 132 g/mol. The highest BCUT2D eigenvalue weighted by Gasteiger charge is 2.10. The van der Waals surface area contributed by atoms with Gasteiger partial charge in [-0.2, -0.15) is 0 Å². The summed E-state index contributed by atoms with van der Waals surface area (Å²) in [4.78, 5) is 1.79. The zero-order valence-electron chi connectivity index (χ0n) is 5.91. The maximum absolute atomic E-state index is 8.94. The van der Waals surface area contributed by atoms with Crippen molar-refractivity contribution < 1.29 is 10.2 Å². The molecule has 3 heteroatoms. The molecule has 55 valence electrons. The van der Waals surface area contributed by atoms with E-state index in [0.29, 0.717) is 6.54 Å². The third-order valence-electron chi connectivity index (χ3n) is 0.996. The maximum Gasteiger partial charge on any atom is 0.0925 e. The van der Waals surface area contributed by atoms with Crippen molar-refractivity contribution in [3.8, 4) is 0 Å². The van der Waals surface area contributed by atoms with Gasteiger partial charge in [-0.15, -0.1) is 0 Å². The molecular weight excluding hydrogens is 118 g/mol. The molecule has 0 rings (SSSR count). The van der Waals surface area contributed by atoms with Crippen LogP contribution in [0.4, 0.5) is 0 Å². The first-order valence-corrected chi connectivity index (χ1v) is 2.88. The van der Waals surface area contributed by atoms with E-state index in [1.54, 1.807) is 4.90 Å². The molecule has 0 aliphatic carbocycles. The summed E-state index contributed by atoms with van der Waals surface area (Å²) >= 11 is 0. The molecule has 1 radical (unpaired) electrons. The number of nitrogens with zero attached hydrogens (tertiary/aromatic N) is 1. The first-order chi connectivity index (χ1) is 4.04. The van der Waals surface area contributed by atoms with Gasteiger partial charge in [0.1, 0.15) is 0 Å². The van der Waals surface area contributed by atoms with Crippen LogP contribution >= 0.6 is 0 Å². The molecular formula is C6H14NO2. The summed E-state index contributed by atoms with van der Waals surface area (Å²) in [6.45, 7) is 3.72. The summed E-state index contributed by atoms with van der Waals surface area (Å²) in [6, 6.07) is 0. The maximum atomic E-state index is 8.94. The van der Waals surface area contributed by atoms with E-state index < -0.39 is 12.2 Å². The van der Waals surface area contributed by atoms with E-state index in [-0.39, 0.29) is 0 Å². The van der Waals surface area contributed by atoms with Gasteiger partial charge in [0.05, 0.1) is 12.2 Å². The number of aliphatic hydroxyl groups is 2. The van der Waals surface area contributed by atoms with E-state index in [2.05, 4.69) is 6.92 Å². The number of hydrogen-bond acceptors (Lipinski definition) is 3. The van der Waals surface area contributed by atoms with Gasteiger partial charge >= 0.3 is 0 Å². The lowest BCUT2D eigenvalue weighted by Gasteiger charge is -2.17. The van der Waals surface area contributed by atoms with Crippen LogP contribution in [0.2, 0.25) is 0 Å². The minimum absolute atomic E-state index is 0.449. The van der Waals surface area contributed by atoms with Gasteiger partial charge in [-0.3, -0.25) is 0 Å². The summed E-state index contributed by atoms with van der Waals surface area (Å²) in [5.74, 6) is 0. The summed E-state index contributed by atoms with van der Waals surface area (Å²) in [5.41, 5.74) is 0. The third kappa shape index (κ3) is 4.39. The Labute approximate surface area is 55.9 Å². The Balaban J connectivity index is 3.38. The Kier molecular flexibility index (Phi) is 3.77. The number of likely N-dealkylation sites (N-methyl/N-ethyl adjacent to an activating group) is 1. The summed E-state index contributed by atoms with van der Waals surface area (Å²) in [5, 5.41) is 17.6. The van der Waals surface area contributed by atoms with E-state index in [1.165, 1.54) is 0 Å². The first kappa shape index (κ1) is 8.88. The molecule has 2 atom stereocenters. The van der Waals surface area contributed by atoms with Crippen molar-refractivity contribution in [1.29, 1.82) is 0 Å². The summed E-state index contributed by atoms with van der Waals surface area (Å²) in [6.07, 6.45) is -1.62. The third-order valence-corrected chi connectivity index (χ3v) is 0.996. The predicted octanol–water partition coefficient (Wildman–Crippen LogP) is -0.896. The zero-order chi connectivity index (χ0) is 7.44. The Hall–Kier alpha value is -0.120. The summed E-state index contributed by atoms with van der Waals surface area (Å²) in [7, 11) is 3.65. The molecule has 2 unspecified atom stereocenters. The van der Waals surface area contributed by atoms with E-state index in [9.17, 15) is 0 Å². The van der Waals surface area contributed by atoms with Gasteiger partial charge in [0.15, 0.2) is 0 Å². The van der Waals surface area contributed by atoms with Crippen molar-refractivity contribution >= 4 is 0 Å². The van der Waals surface area contributed by atoms with E-state index in [4.69, 9.17) is 10.2 Å². The highest BCUT2D eigenvalue weighted by atomic mass is 16.3. The molecule has 0 bridgehead atoms. The molecule has 3 nitrogen and oxygen atoms in total. The minimum atomic E-state index is -0.882. The van der Waals surface area contributed by atoms with Crippen molar-refractivity contribution in [2.45, 2.75) is 12.2 Å². The average Bonchev–Trinajstić information content (AvgIpc) is 1.63. The Bertz CT molecular complexity index is 73.5. The van der Waals surface area contributed by atoms with Gasteiger partial charge in [-0.1, -0.05) is 0 Å². The lowest BCUT2D eigenvalue weighted by atomic mass is 10.2. The molecule has 0 saturated carbocycles. The molecule has 0 aromatic rings. The van der Waals surface area contributed by atoms with Crippen LogP contribution < -0.4 is 0 Å². The van der Waals surface area contributed by atoms with Gasteiger partial charge in [-0.25, -0.2) is 0 Å². The second-order valence-corrected chi connectivity index (χ2v) is 2.40. The smallest absolute Gasteiger partial charge is 0.0925 e. The van der Waals surface area contributed by atoms with Crippen LogP contribution in [-0.2, 0) is 0 Å². The topological polar surface area (TPSA) is 43.7 Å². The fourth-order valence-corrected chi connectivity index (χ4v) is 0.496. The van der Waals surface area contributed by atoms with Crippen LogP contribution in [0.3, 0.4) is 0 Å². The monoisotopic (exact) mass is 132 g/mol. The van der Waals surface area contributed by atoms with Crippen molar-refractivity contribution in [2.24, 2.45) is 0 Å². The van der Waals surface area contributed by atoms with Crippen LogP contribution in [0.1, 0.15) is 0 Å². The van der Waals surface area contributed by atoms with Crippen LogP contribution in [0.25, 0.3) is 0 Å². The van der Waals surface area contributed by atoms with E-state index in [1.807, 2.05) is 14.1 Å². The van der Waals surface area contributed by atoms with Gasteiger partial charge < -0.3 is 15.1 Å². The highest BCUT2D eigenvalue weighted by molar-refractivity contribution is 4.70. The van der Waals surface area contributed by atoms with E-state index >= 15 is 0 Å². The SMILES string of the molecule is [CH2]C(O)C(O)CN(C)C. The fourth-order valence-electron chi connectivity index (χ4n) is 0.496. The van der Waals surface area contributed by atoms with Crippen molar-refractivity contribution in [2.75, 3.05) is 20.6 Å². The fraction of sp³-hybridized carbons (Fsp3) is 0.833. The standard InChI is InChI=1S/C6H14NO2/c1-5(8)6(9)4-7(2)3/h5-6,8-9H,1,4H2,2-3H3. The number of aliphatic hydroxyl groups excluding tert-OH is 2. The molecule has 0 aliphatic rings. The Morgan fingerprint density at radius 1 is 1.44 bits per heavy atom. The number of rotatable bonds is 3. The van der Waals surface area contributed by atoms with Gasteiger partial charge in [0, 0.05) is 6.54 Å². The normalized spacial score (nSPS) is 18.0. The first-order valence-electron chi connectivity index (χ1n) is 2.88. The quantitative estimate of drug-likeness (QED) is 0.523. The molecule has 0 aromatic carbocycles. The largest absolute Gasteiger partial charge is 0.390 e. The minimum Gasteiger partial charge on any atom is -0.390 e. The van der Waals surface area contributed by atoms with E-state index in [0.717, 1.165) is 0 Å². The molecule has 2 N–H and O–H groups in total. The Morgan fingerprint density at radius 3 is 2.00 bits per heavy atom. The molecule has 0 aliphatic heterocycles. The van der Waals surface area contributed by atoms with Crippen LogP contribution in [0.5, 0.6) is 0 Å². The predicted molar refractivity (Wildman–Crippen MR) is 35.9 cm³/mol. The molecule has 0 spiro atoms. The van der Waals surface area contributed by atoms with Crippen molar-refractivity contribution in [1.82, 2.24) is 4.90 Å². The Morgan fingerprint density at radius 2 is 1.89 bits per heavy atom. The van der Waals surface area contributed by atoms with Crippen LogP contribution in [0, 0.1) is 6.92 Å². The van der Waals surface area contributed by atoms with Gasteiger partial charge in [0.25, 0.3) is 0 Å². The molecule has 0 fully saturated rings. The summed E-state index contributed by atoms with van der Waals surface area (Å²) < 4.78 is 0. The molecule has 0 heterocycles. The molecule has 0 saturated heterocycles. The zero-order valence-corrected chi connectivity index (χ0v) is 5.91. The van der Waals surface area contributed by atoms with Crippen molar-refractivity contribution in [3.05, 3.63) is 6.92 Å². The van der Waals surface area contributed by atoms with Gasteiger partial charge in [0.2, 0.25) is 0 Å². The highest BCUT2D eigenvalue weighted by Crippen LogP contribution is 1.91. The van der Waals surface area contributed by atoms with Crippen LogP contribution in [0.15, 0.2) is 0 Å².